The number of amides is 2. The topological polar surface area (TPSA) is 67.4 Å². The molecule has 0 saturated heterocycles. The second-order valence-electron chi connectivity index (χ2n) is 4.50. The van der Waals surface area contributed by atoms with E-state index in [9.17, 15) is 9.59 Å². The summed E-state index contributed by atoms with van der Waals surface area (Å²) < 4.78 is 4.74. The molecule has 21 heavy (non-hydrogen) atoms. The van der Waals surface area contributed by atoms with Gasteiger partial charge in [0.1, 0.15) is 6.61 Å². The van der Waals surface area contributed by atoms with Gasteiger partial charge >= 0.3 is 6.09 Å². The zero-order chi connectivity index (χ0) is 15.3. The molecule has 0 atom stereocenters. The number of carbonyl (C=O) groups excluding carboxylic acids is 2. The van der Waals surface area contributed by atoms with Crippen molar-refractivity contribution in [2.75, 3.05) is 19.7 Å². The number of ether oxygens (including phenoxy) is 1. The van der Waals surface area contributed by atoms with E-state index in [-0.39, 0.29) is 12.5 Å². The van der Waals surface area contributed by atoms with Crippen LogP contribution < -0.4 is 10.6 Å². The molecule has 0 saturated carbocycles. The third-order valence-electron chi connectivity index (χ3n) is 2.76. The first kappa shape index (κ1) is 16.8. The first-order valence-corrected chi connectivity index (χ1v) is 7.04. The summed E-state index contributed by atoms with van der Waals surface area (Å²) in [6, 6.07) is 9.99. The highest BCUT2D eigenvalue weighted by Crippen LogP contribution is 1.98. The first-order valence-electron chi connectivity index (χ1n) is 7.04. The Morgan fingerprint density at radius 1 is 1.14 bits per heavy atom. The van der Waals surface area contributed by atoms with Gasteiger partial charge in [0.15, 0.2) is 0 Å². The molecule has 5 heteroatoms. The second kappa shape index (κ2) is 10.5. The van der Waals surface area contributed by atoms with Crippen LogP contribution in [0.3, 0.4) is 0 Å². The van der Waals surface area contributed by atoms with Crippen molar-refractivity contribution in [3.63, 3.8) is 0 Å². The van der Waals surface area contributed by atoms with Gasteiger partial charge in [-0.1, -0.05) is 43.0 Å². The molecule has 5 nitrogen and oxygen atoms in total. The van der Waals surface area contributed by atoms with Gasteiger partial charge in [0.05, 0.1) is 0 Å². The number of rotatable bonds is 9. The van der Waals surface area contributed by atoms with Crippen LogP contribution in [0.5, 0.6) is 0 Å². The first-order chi connectivity index (χ1) is 10.2. The number of carbonyl (C=O) groups is 2. The predicted octanol–water partition coefficient (Wildman–Crippen LogP) is 2.04. The van der Waals surface area contributed by atoms with Crippen molar-refractivity contribution in [1.82, 2.24) is 10.6 Å². The Bertz CT molecular complexity index is 446. The Labute approximate surface area is 125 Å². The molecule has 114 valence electrons. The second-order valence-corrected chi connectivity index (χ2v) is 4.50. The van der Waals surface area contributed by atoms with Crippen molar-refractivity contribution in [3.8, 4) is 0 Å². The zero-order valence-corrected chi connectivity index (χ0v) is 12.1. The highest BCUT2D eigenvalue weighted by molar-refractivity contribution is 5.75. The van der Waals surface area contributed by atoms with Crippen LogP contribution in [-0.4, -0.2) is 31.7 Å². The van der Waals surface area contributed by atoms with Crippen molar-refractivity contribution in [3.05, 3.63) is 48.6 Å². The molecular formula is C16H22N2O3. The van der Waals surface area contributed by atoms with E-state index in [0.29, 0.717) is 25.9 Å². The maximum atomic E-state index is 11.6. The monoisotopic (exact) mass is 290 g/mol. The summed E-state index contributed by atoms with van der Waals surface area (Å²) in [4.78, 5) is 22.7. The number of hydrogen-bond acceptors (Lipinski definition) is 3. The molecule has 0 aromatic heterocycles. The van der Waals surface area contributed by atoms with E-state index in [2.05, 4.69) is 17.2 Å². The third-order valence-corrected chi connectivity index (χ3v) is 2.76. The molecule has 0 aliphatic carbocycles. The van der Waals surface area contributed by atoms with Crippen LogP contribution in [0.25, 0.3) is 0 Å². The van der Waals surface area contributed by atoms with Gasteiger partial charge in [0.2, 0.25) is 5.91 Å². The summed E-state index contributed by atoms with van der Waals surface area (Å²) in [6.45, 7) is 4.67. The van der Waals surface area contributed by atoms with Gasteiger partial charge in [0, 0.05) is 19.5 Å². The Morgan fingerprint density at radius 2 is 1.90 bits per heavy atom. The van der Waals surface area contributed by atoms with Crippen LogP contribution in [-0.2, 0) is 16.0 Å². The number of benzene rings is 1. The van der Waals surface area contributed by atoms with Gasteiger partial charge in [-0.25, -0.2) is 4.79 Å². The molecule has 2 N–H and O–H groups in total. The van der Waals surface area contributed by atoms with Crippen molar-refractivity contribution < 1.29 is 14.3 Å². The molecule has 0 fully saturated rings. The third kappa shape index (κ3) is 8.47. The summed E-state index contributed by atoms with van der Waals surface area (Å²) in [6.07, 6.45) is 2.80. The molecule has 0 radical (unpaired) electrons. The van der Waals surface area contributed by atoms with Crippen molar-refractivity contribution in [2.45, 2.75) is 19.3 Å². The molecule has 2 amide bonds. The van der Waals surface area contributed by atoms with Crippen LogP contribution in [0.15, 0.2) is 43.0 Å². The summed E-state index contributed by atoms with van der Waals surface area (Å²) >= 11 is 0. The van der Waals surface area contributed by atoms with E-state index in [1.165, 1.54) is 11.6 Å². The van der Waals surface area contributed by atoms with Gasteiger partial charge in [-0.05, 0) is 18.4 Å². The van der Waals surface area contributed by atoms with Crippen LogP contribution >= 0.6 is 0 Å². The van der Waals surface area contributed by atoms with E-state index < -0.39 is 6.09 Å². The minimum Gasteiger partial charge on any atom is -0.445 e. The minimum atomic E-state index is -0.487. The highest BCUT2D eigenvalue weighted by atomic mass is 16.5. The Morgan fingerprint density at radius 3 is 2.62 bits per heavy atom. The Kier molecular flexibility index (Phi) is 8.36. The molecule has 1 aromatic rings. The fourth-order valence-corrected chi connectivity index (χ4v) is 1.70. The minimum absolute atomic E-state index is 0.00723. The summed E-state index contributed by atoms with van der Waals surface area (Å²) in [5.41, 5.74) is 1.20. The lowest BCUT2D eigenvalue weighted by molar-refractivity contribution is -0.121. The summed E-state index contributed by atoms with van der Waals surface area (Å²) in [5.74, 6) is -0.00723. The van der Waals surface area contributed by atoms with E-state index in [1.807, 2.05) is 30.3 Å². The van der Waals surface area contributed by atoms with Crippen molar-refractivity contribution >= 4 is 12.0 Å². The lowest BCUT2D eigenvalue weighted by Gasteiger charge is -2.06. The van der Waals surface area contributed by atoms with Crippen LogP contribution in [0.2, 0.25) is 0 Å². The largest absolute Gasteiger partial charge is 0.445 e. The average molecular weight is 290 g/mol. The highest BCUT2D eigenvalue weighted by Gasteiger charge is 2.03. The molecule has 0 aliphatic heterocycles. The molecule has 0 heterocycles. The van der Waals surface area contributed by atoms with E-state index in [4.69, 9.17) is 4.74 Å². The maximum Gasteiger partial charge on any atom is 0.407 e. The van der Waals surface area contributed by atoms with Gasteiger partial charge in [0.25, 0.3) is 0 Å². The zero-order valence-electron chi connectivity index (χ0n) is 12.1. The molecule has 1 rings (SSSR count). The summed E-state index contributed by atoms with van der Waals surface area (Å²) in [7, 11) is 0. The van der Waals surface area contributed by atoms with Gasteiger partial charge < -0.3 is 15.4 Å². The lowest BCUT2D eigenvalue weighted by Crippen LogP contribution is -2.28. The standard InChI is InChI=1S/C16H22N2O3/c1-2-13-21-16(20)18-11-6-9-15(19)17-12-10-14-7-4-3-5-8-14/h2-5,7-8H,1,6,9-13H2,(H,17,19)(H,18,20). The van der Waals surface area contributed by atoms with Crippen LogP contribution in [0.4, 0.5) is 4.79 Å². The maximum absolute atomic E-state index is 11.6. The molecule has 0 spiro atoms. The normalized spacial score (nSPS) is 9.71. The van der Waals surface area contributed by atoms with Crippen LogP contribution in [0, 0.1) is 0 Å². The predicted molar refractivity (Wildman–Crippen MR) is 81.9 cm³/mol. The molecular weight excluding hydrogens is 268 g/mol. The van der Waals surface area contributed by atoms with Gasteiger partial charge in [-0.3, -0.25) is 4.79 Å². The van der Waals surface area contributed by atoms with E-state index in [1.54, 1.807) is 0 Å². The average Bonchev–Trinajstić information content (AvgIpc) is 2.50. The van der Waals surface area contributed by atoms with Gasteiger partial charge in [-0.2, -0.15) is 0 Å². The Hall–Kier alpha value is -2.30. The number of nitrogens with one attached hydrogen (secondary N) is 2. The fourth-order valence-electron chi connectivity index (χ4n) is 1.70. The molecule has 0 unspecified atom stereocenters. The van der Waals surface area contributed by atoms with E-state index in [0.717, 1.165) is 6.42 Å². The molecule has 0 bridgehead atoms. The fraction of sp³-hybridized carbons (Fsp3) is 0.375. The SMILES string of the molecule is C=CCOC(=O)NCCCC(=O)NCCc1ccccc1. The van der Waals surface area contributed by atoms with Crippen molar-refractivity contribution in [1.29, 1.82) is 0 Å². The summed E-state index contributed by atoms with van der Waals surface area (Å²) in [5, 5.41) is 5.42. The molecule has 0 aliphatic rings. The molecule has 1 aromatic carbocycles. The smallest absolute Gasteiger partial charge is 0.407 e. The quantitative estimate of drug-likeness (QED) is 0.540. The lowest BCUT2D eigenvalue weighted by atomic mass is 10.1. The van der Waals surface area contributed by atoms with E-state index >= 15 is 0 Å². The number of alkyl carbamates (subject to hydrolysis) is 1. The van der Waals surface area contributed by atoms with Crippen molar-refractivity contribution in [2.24, 2.45) is 0 Å². The van der Waals surface area contributed by atoms with Crippen LogP contribution in [0.1, 0.15) is 18.4 Å². The van der Waals surface area contributed by atoms with Gasteiger partial charge in [-0.15, -0.1) is 0 Å². The Balaban J connectivity index is 2.01. The number of hydrogen-bond donors (Lipinski definition) is 2.